The molecule has 1 unspecified atom stereocenters. The van der Waals surface area contributed by atoms with Gasteiger partial charge in [0.1, 0.15) is 0 Å². The molecule has 0 saturated heterocycles. The van der Waals surface area contributed by atoms with Gasteiger partial charge in [0.2, 0.25) is 0 Å². The number of anilines is 1. The number of nitrogens with zero attached hydrogens (tertiary/aromatic N) is 1. The van der Waals surface area contributed by atoms with Crippen LogP contribution >= 0.6 is 0 Å². The van der Waals surface area contributed by atoms with Crippen molar-refractivity contribution in [2.24, 2.45) is 0 Å². The minimum absolute atomic E-state index is 0.0418. The maximum absolute atomic E-state index is 12.3. The summed E-state index contributed by atoms with van der Waals surface area (Å²) in [7, 11) is 0. The van der Waals surface area contributed by atoms with Gasteiger partial charge in [-0.15, -0.1) is 0 Å². The second-order valence-electron chi connectivity index (χ2n) is 5.72. The molecule has 0 aliphatic carbocycles. The zero-order chi connectivity index (χ0) is 16.0. The van der Waals surface area contributed by atoms with Crippen molar-refractivity contribution in [2.45, 2.75) is 59.6 Å². The lowest BCUT2D eigenvalue weighted by molar-refractivity contribution is 0.125. The van der Waals surface area contributed by atoms with E-state index in [1.807, 2.05) is 26.0 Å². The number of aliphatic hydroxyl groups excluding tert-OH is 1. The molecular formula is C17H28N2O2. The molecule has 1 aromatic carbocycles. The van der Waals surface area contributed by atoms with Gasteiger partial charge in [-0.2, -0.15) is 0 Å². The van der Waals surface area contributed by atoms with Gasteiger partial charge in [-0.05, 0) is 56.9 Å². The SMILES string of the molecule is CCc1ccc(NC(=O)N(CC(C)O)C(C)C)cc1CC. The number of nitrogens with one attached hydrogen (secondary N) is 1. The highest BCUT2D eigenvalue weighted by Crippen LogP contribution is 2.18. The van der Waals surface area contributed by atoms with E-state index in [1.54, 1.807) is 11.8 Å². The van der Waals surface area contributed by atoms with Crippen LogP contribution < -0.4 is 5.32 Å². The summed E-state index contributed by atoms with van der Waals surface area (Å²) in [6, 6.07) is 5.93. The summed E-state index contributed by atoms with van der Waals surface area (Å²) in [5.41, 5.74) is 3.40. The van der Waals surface area contributed by atoms with E-state index in [0.717, 1.165) is 18.5 Å². The average Bonchev–Trinajstić information content (AvgIpc) is 2.43. The van der Waals surface area contributed by atoms with Crippen molar-refractivity contribution in [3.8, 4) is 0 Å². The molecule has 0 aliphatic heterocycles. The number of hydrogen-bond donors (Lipinski definition) is 2. The number of hydrogen-bond acceptors (Lipinski definition) is 2. The topological polar surface area (TPSA) is 52.6 Å². The van der Waals surface area contributed by atoms with E-state index in [1.165, 1.54) is 11.1 Å². The molecule has 4 nitrogen and oxygen atoms in total. The number of carbonyl (C=O) groups excluding carboxylic acids is 1. The van der Waals surface area contributed by atoms with E-state index < -0.39 is 6.10 Å². The normalized spacial score (nSPS) is 12.3. The van der Waals surface area contributed by atoms with E-state index in [9.17, 15) is 9.90 Å². The second kappa shape index (κ2) is 8.03. The quantitative estimate of drug-likeness (QED) is 0.844. The summed E-state index contributed by atoms with van der Waals surface area (Å²) in [5, 5.41) is 12.4. The molecular weight excluding hydrogens is 264 g/mol. The maximum atomic E-state index is 12.3. The number of aliphatic hydroxyl groups is 1. The van der Waals surface area contributed by atoms with Gasteiger partial charge in [-0.25, -0.2) is 4.79 Å². The number of aryl methyl sites for hydroxylation is 2. The Morgan fingerprint density at radius 2 is 1.81 bits per heavy atom. The van der Waals surface area contributed by atoms with Crippen LogP contribution in [0.4, 0.5) is 10.5 Å². The largest absolute Gasteiger partial charge is 0.392 e. The van der Waals surface area contributed by atoms with Crippen LogP contribution in [0.1, 0.15) is 45.7 Å². The molecule has 0 fully saturated rings. The minimum Gasteiger partial charge on any atom is -0.392 e. The number of benzene rings is 1. The third-order valence-corrected chi connectivity index (χ3v) is 3.56. The zero-order valence-corrected chi connectivity index (χ0v) is 13.8. The first kappa shape index (κ1) is 17.5. The Bertz CT molecular complexity index is 470. The van der Waals surface area contributed by atoms with Crippen molar-refractivity contribution in [3.63, 3.8) is 0 Å². The van der Waals surface area contributed by atoms with Crippen LogP contribution in [-0.4, -0.2) is 34.7 Å². The third-order valence-electron chi connectivity index (χ3n) is 3.56. The lowest BCUT2D eigenvalue weighted by atomic mass is 10.0. The van der Waals surface area contributed by atoms with E-state index in [2.05, 4.69) is 25.2 Å². The molecule has 0 aliphatic rings. The Balaban J connectivity index is 2.86. The molecule has 118 valence electrons. The molecule has 1 aromatic rings. The molecule has 0 saturated carbocycles. The predicted molar refractivity (Wildman–Crippen MR) is 87.7 cm³/mol. The van der Waals surface area contributed by atoms with Crippen molar-refractivity contribution in [2.75, 3.05) is 11.9 Å². The fraction of sp³-hybridized carbons (Fsp3) is 0.588. The number of rotatable bonds is 6. The van der Waals surface area contributed by atoms with Crippen LogP contribution in [-0.2, 0) is 12.8 Å². The highest BCUT2D eigenvalue weighted by atomic mass is 16.3. The van der Waals surface area contributed by atoms with E-state index in [-0.39, 0.29) is 12.1 Å². The van der Waals surface area contributed by atoms with Crippen LogP contribution in [0.15, 0.2) is 18.2 Å². The van der Waals surface area contributed by atoms with Gasteiger partial charge in [0, 0.05) is 18.3 Å². The highest BCUT2D eigenvalue weighted by molar-refractivity contribution is 5.89. The molecule has 0 aromatic heterocycles. The maximum Gasteiger partial charge on any atom is 0.322 e. The van der Waals surface area contributed by atoms with Gasteiger partial charge >= 0.3 is 6.03 Å². The van der Waals surface area contributed by atoms with Gasteiger partial charge in [-0.3, -0.25) is 0 Å². The van der Waals surface area contributed by atoms with Crippen LogP contribution in [0, 0.1) is 0 Å². The van der Waals surface area contributed by atoms with Gasteiger partial charge in [0.15, 0.2) is 0 Å². The molecule has 0 bridgehead atoms. The standard InChI is InChI=1S/C17H28N2O2/c1-6-14-8-9-16(10-15(14)7-2)18-17(21)19(12(3)4)11-13(5)20/h8-10,12-13,20H,6-7,11H2,1-5H3,(H,18,21). The summed E-state index contributed by atoms with van der Waals surface area (Å²) in [5.74, 6) is 0. The fourth-order valence-electron chi connectivity index (χ4n) is 2.39. The third kappa shape index (κ3) is 5.05. The first-order chi connectivity index (χ1) is 9.88. The summed E-state index contributed by atoms with van der Waals surface area (Å²) >= 11 is 0. The van der Waals surface area contributed by atoms with Crippen molar-refractivity contribution >= 4 is 11.7 Å². The van der Waals surface area contributed by atoms with Crippen LogP contribution in [0.5, 0.6) is 0 Å². The summed E-state index contributed by atoms with van der Waals surface area (Å²) in [6.45, 7) is 10.2. The smallest absolute Gasteiger partial charge is 0.322 e. The van der Waals surface area contributed by atoms with Gasteiger partial charge < -0.3 is 15.3 Å². The van der Waals surface area contributed by atoms with Crippen molar-refractivity contribution in [3.05, 3.63) is 29.3 Å². The van der Waals surface area contributed by atoms with E-state index in [0.29, 0.717) is 6.54 Å². The summed E-state index contributed by atoms with van der Waals surface area (Å²) < 4.78 is 0. The van der Waals surface area contributed by atoms with Crippen molar-refractivity contribution < 1.29 is 9.90 Å². The van der Waals surface area contributed by atoms with Crippen molar-refractivity contribution in [1.29, 1.82) is 0 Å². The predicted octanol–water partition coefficient (Wildman–Crippen LogP) is 3.43. The first-order valence-electron chi connectivity index (χ1n) is 7.76. The van der Waals surface area contributed by atoms with Gasteiger partial charge in [0.05, 0.1) is 6.10 Å². The molecule has 0 heterocycles. The highest BCUT2D eigenvalue weighted by Gasteiger charge is 2.18. The molecule has 1 atom stereocenters. The Morgan fingerprint density at radius 3 is 2.29 bits per heavy atom. The Labute approximate surface area is 128 Å². The van der Waals surface area contributed by atoms with E-state index in [4.69, 9.17) is 0 Å². The van der Waals surface area contributed by atoms with E-state index >= 15 is 0 Å². The molecule has 0 spiro atoms. The molecule has 2 amide bonds. The minimum atomic E-state index is -0.535. The average molecular weight is 292 g/mol. The first-order valence-corrected chi connectivity index (χ1v) is 7.76. The number of amides is 2. The summed E-state index contributed by atoms with van der Waals surface area (Å²) in [4.78, 5) is 14.0. The van der Waals surface area contributed by atoms with Gasteiger partial charge in [-0.1, -0.05) is 19.9 Å². The lowest BCUT2D eigenvalue weighted by Crippen LogP contribution is -2.43. The molecule has 4 heteroatoms. The molecule has 2 N–H and O–H groups in total. The Morgan fingerprint density at radius 1 is 1.19 bits per heavy atom. The fourth-order valence-corrected chi connectivity index (χ4v) is 2.39. The molecule has 21 heavy (non-hydrogen) atoms. The van der Waals surface area contributed by atoms with Gasteiger partial charge in [0.25, 0.3) is 0 Å². The van der Waals surface area contributed by atoms with Crippen molar-refractivity contribution in [1.82, 2.24) is 4.90 Å². The lowest BCUT2D eigenvalue weighted by Gasteiger charge is -2.28. The summed E-state index contributed by atoms with van der Waals surface area (Å²) in [6.07, 6.45) is 1.42. The van der Waals surface area contributed by atoms with Crippen LogP contribution in [0.25, 0.3) is 0 Å². The zero-order valence-electron chi connectivity index (χ0n) is 13.8. The van der Waals surface area contributed by atoms with Crippen LogP contribution in [0.3, 0.4) is 0 Å². The number of urea groups is 1. The van der Waals surface area contributed by atoms with Crippen LogP contribution in [0.2, 0.25) is 0 Å². The number of carbonyl (C=O) groups is 1. The Kier molecular flexibility index (Phi) is 6.69. The Hall–Kier alpha value is -1.55. The molecule has 1 rings (SSSR count). The second-order valence-corrected chi connectivity index (χ2v) is 5.72. The molecule has 0 radical (unpaired) electrons. The monoisotopic (exact) mass is 292 g/mol.